The summed E-state index contributed by atoms with van der Waals surface area (Å²) in [5.74, 6) is -0.962. The molecule has 1 aliphatic carbocycles. The van der Waals surface area contributed by atoms with Crippen molar-refractivity contribution in [1.82, 2.24) is 0 Å². The maximum atomic E-state index is 12.6. The van der Waals surface area contributed by atoms with Crippen molar-refractivity contribution in [3.8, 4) is 0 Å². The van der Waals surface area contributed by atoms with Gasteiger partial charge < -0.3 is 5.11 Å². The monoisotopic (exact) mass is 358 g/mol. The minimum atomic E-state index is -3.57. The molecule has 0 heterocycles. The fourth-order valence-corrected chi connectivity index (χ4v) is 4.86. The van der Waals surface area contributed by atoms with Gasteiger partial charge in [-0.15, -0.1) is 0 Å². The van der Waals surface area contributed by atoms with Gasteiger partial charge in [0.1, 0.15) is 0 Å². The normalized spacial score (nSPS) is 16.6. The van der Waals surface area contributed by atoms with Crippen molar-refractivity contribution < 1.29 is 18.3 Å². The maximum absolute atomic E-state index is 12.6. The molecular weight excluding hydrogens is 336 g/mol. The second-order valence-electron chi connectivity index (χ2n) is 6.66. The average Bonchev–Trinajstić information content (AvgIpc) is 3.13. The Hall–Kier alpha value is -2.14. The van der Waals surface area contributed by atoms with Gasteiger partial charge in [0.05, 0.1) is 15.7 Å². The number of benzene rings is 2. The fourth-order valence-electron chi connectivity index (χ4n) is 3.57. The third kappa shape index (κ3) is 3.93. The standard InChI is InChI=1S/C20H22O4S/c21-20(22)19(14-15-6-4-5-7-15)16-10-12-18(13-11-16)25(23,24)17-8-2-1-3-9-17/h1-3,8-13,15,19H,4-7,14H2,(H,21,22). The first-order valence-electron chi connectivity index (χ1n) is 8.61. The molecule has 0 aliphatic heterocycles. The van der Waals surface area contributed by atoms with E-state index in [0.717, 1.165) is 12.8 Å². The molecule has 1 fully saturated rings. The van der Waals surface area contributed by atoms with Crippen molar-refractivity contribution in [2.24, 2.45) is 5.92 Å². The first kappa shape index (κ1) is 17.7. The topological polar surface area (TPSA) is 71.4 Å². The largest absolute Gasteiger partial charge is 0.481 e. The van der Waals surface area contributed by atoms with Gasteiger partial charge in [0.25, 0.3) is 0 Å². The highest BCUT2D eigenvalue weighted by molar-refractivity contribution is 7.91. The van der Waals surface area contributed by atoms with Crippen molar-refractivity contribution >= 4 is 15.8 Å². The predicted octanol–water partition coefficient (Wildman–Crippen LogP) is 4.27. The molecule has 0 radical (unpaired) electrons. The van der Waals surface area contributed by atoms with E-state index in [-0.39, 0.29) is 9.79 Å². The summed E-state index contributed by atoms with van der Waals surface area (Å²) in [5, 5.41) is 9.58. The van der Waals surface area contributed by atoms with E-state index in [0.29, 0.717) is 17.9 Å². The number of carboxylic acids is 1. The minimum absolute atomic E-state index is 0.187. The molecule has 25 heavy (non-hydrogen) atoms. The smallest absolute Gasteiger partial charge is 0.310 e. The van der Waals surface area contributed by atoms with Crippen molar-refractivity contribution in [3.63, 3.8) is 0 Å². The molecule has 1 unspecified atom stereocenters. The quantitative estimate of drug-likeness (QED) is 0.837. The second-order valence-corrected chi connectivity index (χ2v) is 8.61. The summed E-state index contributed by atoms with van der Waals surface area (Å²) in [6.45, 7) is 0. The molecular formula is C20H22O4S. The fraction of sp³-hybridized carbons (Fsp3) is 0.350. The first-order valence-corrected chi connectivity index (χ1v) is 10.1. The van der Waals surface area contributed by atoms with E-state index < -0.39 is 21.7 Å². The molecule has 1 saturated carbocycles. The second kappa shape index (κ2) is 7.40. The summed E-state index contributed by atoms with van der Waals surface area (Å²) in [6, 6.07) is 14.6. The lowest BCUT2D eigenvalue weighted by Crippen LogP contribution is -2.15. The Bertz CT molecular complexity index is 820. The predicted molar refractivity (Wildman–Crippen MR) is 95.3 cm³/mol. The van der Waals surface area contributed by atoms with Crippen LogP contribution in [0, 0.1) is 5.92 Å². The van der Waals surface area contributed by atoms with Gasteiger partial charge in [0.15, 0.2) is 0 Å². The molecule has 1 atom stereocenters. The van der Waals surface area contributed by atoms with E-state index in [1.807, 2.05) is 0 Å². The molecule has 0 saturated heterocycles. The minimum Gasteiger partial charge on any atom is -0.481 e. The van der Waals surface area contributed by atoms with Crippen LogP contribution in [0.4, 0.5) is 0 Å². The molecule has 0 spiro atoms. The molecule has 0 aromatic heterocycles. The Labute approximate surface area is 148 Å². The van der Waals surface area contributed by atoms with Crippen LogP contribution in [0.5, 0.6) is 0 Å². The van der Waals surface area contributed by atoms with Crippen LogP contribution in [0.25, 0.3) is 0 Å². The van der Waals surface area contributed by atoms with Crippen LogP contribution in [0.3, 0.4) is 0 Å². The number of rotatable bonds is 6. The van der Waals surface area contributed by atoms with Crippen LogP contribution < -0.4 is 0 Å². The van der Waals surface area contributed by atoms with Gasteiger partial charge in [-0.25, -0.2) is 8.42 Å². The third-order valence-corrected chi connectivity index (χ3v) is 6.77. The van der Waals surface area contributed by atoms with E-state index in [9.17, 15) is 18.3 Å². The molecule has 2 aromatic rings. The highest BCUT2D eigenvalue weighted by atomic mass is 32.2. The lowest BCUT2D eigenvalue weighted by atomic mass is 9.88. The summed E-state index contributed by atoms with van der Waals surface area (Å²) in [6.07, 6.45) is 5.14. The lowest BCUT2D eigenvalue weighted by Gasteiger charge is -2.17. The van der Waals surface area contributed by atoms with E-state index >= 15 is 0 Å². The van der Waals surface area contributed by atoms with Crippen LogP contribution in [-0.4, -0.2) is 19.5 Å². The highest BCUT2D eigenvalue weighted by Crippen LogP contribution is 2.34. The van der Waals surface area contributed by atoms with Crippen molar-refractivity contribution in [3.05, 3.63) is 60.2 Å². The number of carbonyl (C=O) groups is 1. The van der Waals surface area contributed by atoms with E-state index in [4.69, 9.17) is 0 Å². The molecule has 1 aliphatic rings. The zero-order chi connectivity index (χ0) is 17.9. The molecule has 2 aromatic carbocycles. The number of carboxylic acid groups (broad SMARTS) is 1. The van der Waals surface area contributed by atoms with Crippen LogP contribution >= 0.6 is 0 Å². The van der Waals surface area contributed by atoms with Crippen molar-refractivity contribution in [2.75, 3.05) is 0 Å². The number of sulfone groups is 1. The summed E-state index contributed by atoms with van der Waals surface area (Å²) >= 11 is 0. The maximum Gasteiger partial charge on any atom is 0.310 e. The van der Waals surface area contributed by atoms with Gasteiger partial charge in [-0.2, -0.15) is 0 Å². The molecule has 3 rings (SSSR count). The van der Waals surface area contributed by atoms with Gasteiger partial charge in [0, 0.05) is 0 Å². The van der Waals surface area contributed by atoms with Gasteiger partial charge in [0.2, 0.25) is 9.84 Å². The lowest BCUT2D eigenvalue weighted by molar-refractivity contribution is -0.139. The Kier molecular flexibility index (Phi) is 5.23. The molecule has 5 heteroatoms. The van der Waals surface area contributed by atoms with Crippen LogP contribution in [0.15, 0.2) is 64.4 Å². The van der Waals surface area contributed by atoms with E-state index in [1.54, 1.807) is 42.5 Å². The Balaban J connectivity index is 1.84. The number of aliphatic carboxylic acids is 1. The Morgan fingerprint density at radius 2 is 1.52 bits per heavy atom. The summed E-state index contributed by atoms with van der Waals surface area (Å²) in [5.41, 5.74) is 0.673. The molecule has 1 N–H and O–H groups in total. The molecule has 132 valence electrons. The molecule has 0 bridgehead atoms. The van der Waals surface area contributed by atoms with Crippen molar-refractivity contribution in [2.45, 2.75) is 47.8 Å². The van der Waals surface area contributed by atoms with E-state index in [2.05, 4.69) is 0 Å². The van der Waals surface area contributed by atoms with Gasteiger partial charge in [-0.3, -0.25) is 4.79 Å². The van der Waals surface area contributed by atoms with Gasteiger partial charge in [-0.1, -0.05) is 56.0 Å². The summed E-state index contributed by atoms with van der Waals surface area (Å²) in [4.78, 5) is 12.1. The molecule has 4 nitrogen and oxygen atoms in total. The summed E-state index contributed by atoms with van der Waals surface area (Å²) in [7, 11) is -3.57. The number of hydrogen-bond donors (Lipinski definition) is 1. The number of hydrogen-bond acceptors (Lipinski definition) is 3. The van der Waals surface area contributed by atoms with E-state index in [1.165, 1.54) is 25.0 Å². The van der Waals surface area contributed by atoms with Crippen LogP contribution in [-0.2, 0) is 14.6 Å². The molecule has 0 amide bonds. The summed E-state index contributed by atoms with van der Waals surface area (Å²) < 4.78 is 25.2. The van der Waals surface area contributed by atoms with Crippen LogP contribution in [0.1, 0.15) is 43.6 Å². The SMILES string of the molecule is O=C(O)C(CC1CCCC1)c1ccc(S(=O)(=O)c2ccccc2)cc1. The van der Waals surface area contributed by atoms with Gasteiger partial charge >= 0.3 is 5.97 Å². The third-order valence-electron chi connectivity index (χ3n) is 4.99. The zero-order valence-electron chi connectivity index (χ0n) is 14.0. The zero-order valence-corrected chi connectivity index (χ0v) is 14.8. The first-order chi connectivity index (χ1) is 12.0. The van der Waals surface area contributed by atoms with Crippen molar-refractivity contribution in [1.29, 1.82) is 0 Å². The van der Waals surface area contributed by atoms with Gasteiger partial charge in [-0.05, 0) is 42.2 Å². The average molecular weight is 358 g/mol. The highest BCUT2D eigenvalue weighted by Gasteiger charge is 2.27. The Morgan fingerprint density at radius 3 is 2.08 bits per heavy atom. The van der Waals surface area contributed by atoms with Crippen LogP contribution in [0.2, 0.25) is 0 Å². The Morgan fingerprint density at radius 1 is 0.960 bits per heavy atom.